The van der Waals surface area contributed by atoms with Crippen molar-refractivity contribution in [1.82, 2.24) is 28.5 Å². The van der Waals surface area contributed by atoms with Crippen LogP contribution in [-0.2, 0) is 27.2 Å². The Balaban J connectivity index is 2.09. The summed E-state index contributed by atoms with van der Waals surface area (Å²) in [6.45, 7) is 7.14. The van der Waals surface area contributed by atoms with Crippen LogP contribution in [0.3, 0.4) is 0 Å². The highest BCUT2D eigenvalue weighted by molar-refractivity contribution is 7.10. The van der Waals surface area contributed by atoms with Crippen molar-refractivity contribution in [2.24, 2.45) is 20.0 Å². The molecular weight excluding hydrogens is 388 g/mol. The minimum absolute atomic E-state index is 0.234. The van der Waals surface area contributed by atoms with Crippen LogP contribution in [0.2, 0.25) is 0 Å². The first-order valence-corrected chi connectivity index (χ1v) is 10.4. The van der Waals surface area contributed by atoms with E-state index >= 15 is 0 Å². The molecule has 4 rings (SSSR count). The average molecular weight is 413 g/mol. The quantitative estimate of drug-likeness (QED) is 0.504. The van der Waals surface area contributed by atoms with Crippen molar-refractivity contribution in [3.63, 3.8) is 0 Å². The summed E-state index contributed by atoms with van der Waals surface area (Å²) >= 11 is 1.68. The molecule has 0 aliphatic rings. The van der Waals surface area contributed by atoms with Gasteiger partial charge in [-0.2, -0.15) is 5.10 Å². The molecule has 29 heavy (non-hydrogen) atoms. The number of thiophene rings is 1. The molecule has 0 amide bonds. The number of hydrogen-bond donors (Lipinski definition) is 0. The van der Waals surface area contributed by atoms with Gasteiger partial charge in [0.25, 0.3) is 5.56 Å². The van der Waals surface area contributed by atoms with E-state index < -0.39 is 0 Å². The maximum Gasteiger partial charge on any atom is 0.332 e. The second-order valence-corrected chi connectivity index (χ2v) is 8.93. The van der Waals surface area contributed by atoms with Crippen LogP contribution in [0.4, 0.5) is 0 Å². The van der Waals surface area contributed by atoms with Crippen LogP contribution in [0.25, 0.3) is 22.4 Å². The van der Waals surface area contributed by atoms with Gasteiger partial charge in [-0.1, -0.05) is 13.8 Å². The molecule has 4 heterocycles. The fraction of sp³-hybridized carbons (Fsp3) is 0.400. The third-order valence-electron chi connectivity index (χ3n) is 4.95. The highest BCUT2D eigenvalue weighted by Crippen LogP contribution is 2.27. The molecule has 0 saturated carbocycles. The van der Waals surface area contributed by atoms with E-state index in [1.807, 2.05) is 30.1 Å². The van der Waals surface area contributed by atoms with E-state index in [1.165, 1.54) is 16.5 Å². The predicted molar refractivity (Wildman–Crippen MR) is 114 cm³/mol. The SMILES string of the molecule is Cc1cc(Cn2nc3c(c2-c2cncn2C)c(=O)n(C)c(=O)n3CC(C)C)cs1. The van der Waals surface area contributed by atoms with E-state index in [0.29, 0.717) is 29.8 Å². The molecule has 0 aromatic carbocycles. The maximum absolute atomic E-state index is 13.2. The van der Waals surface area contributed by atoms with Crippen LogP contribution in [0.1, 0.15) is 24.3 Å². The molecule has 0 unspecified atom stereocenters. The van der Waals surface area contributed by atoms with Crippen molar-refractivity contribution in [2.45, 2.75) is 33.9 Å². The smallest absolute Gasteiger partial charge is 0.332 e. The van der Waals surface area contributed by atoms with Gasteiger partial charge in [0, 0.05) is 25.5 Å². The molecule has 4 aromatic rings. The van der Waals surface area contributed by atoms with E-state index in [0.717, 1.165) is 11.3 Å². The number of nitrogens with zero attached hydrogens (tertiary/aromatic N) is 6. The van der Waals surface area contributed by atoms with Gasteiger partial charge >= 0.3 is 5.69 Å². The molecule has 0 aliphatic heterocycles. The van der Waals surface area contributed by atoms with Crippen molar-refractivity contribution in [2.75, 3.05) is 0 Å². The lowest BCUT2D eigenvalue weighted by molar-refractivity contribution is 0.498. The summed E-state index contributed by atoms with van der Waals surface area (Å²) in [5, 5.41) is 7.30. The Labute approximate surface area is 171 Å². The lowest BCUT2D eigenvalue weighted by Gasteiger charge is -2.11. The lowest BCUT2D eigenvalue weighted by Crippen LogP contribution is -2.38. The number of aryl methyl sites for hydroxylation is 2. The van der Waals surface area contributed by atoms with Crippen LogP contribution in [0.5, 0.6) is 0 Å². The maximum atomic E-state index is 13.2. The first-order valence-electron chi connectivity index (χ1n) is 9.49. The van der Waals surface area contributed by atoms with E-state index in [9.17, 15) is 9.59 Å². The number of rotatable bonds is 5. The molecule has 0 spiro atoms. The molecule has 0 radical (unpaired) electrons. The summed E-state index contributed by atoms with van der Waals surface area (Å²) in [7, 11) is 3.41. The first kappa shape index (κ1) is 19.4. The van der Waals surface area contributed by atoms with Crippen LogP contribution in [-0.4, -0.2) is 28.5 Å². The normalized spacial score (nSPS) is 11.8. The molecule has 8 nitrogen and oxygen atoms in total. The third-order valence-corrected chi connectivity index (χ3v) is 5.86. The molecule has 0 atom stereocenters. The first-order chi connectivity index (χ1) is 13.8. The van der Waals surface area contributed by atoms with Gasteiger partial charge in [-0.05, 0) is 29.9 Å². The largest absolute Gasteiger partial charge is 0.332 e. The molecule has 9 heteroatoms. The van der Waals surface area contributed by atoms with Crippen molar-refractivity contribution in [1.29, 1.82) is 0 Å². The fourth-order valence-corrected chi connectivity index (χ4v) is 4.30. The Morgan fingerprint density at radius 3 is 2.55 bits per heavy atom. The van der Waals surface area contributed by atoms with Crippen molar-refractivity contribution < 1.29 is 0 Å². The second-order valence-electron chi connectivity index (χ2n) is 7.81. The van der Waals surface area contributed by atoms with Gasteiger partial charge in [-0.3, -0.25) is 18.6 Å². The fourth-order valence-electron chi connectivity index (χ4n) is 3.60. The second kappa shape index (κ2) is 7.14. The summed E-state index contributed by atoms with van der Waals surface area (Å²) in [5.74, 6) is 0.234. The lowest BCUT2D eigenvalue weighted by atomic mass is 10.2. The summed E-state index contributed by atoms with van der Waals surface area (Å²) in [6, 6.07) is 2.11. The molecule has 0 saturated heterocycles. The van der Waals surface area contributed by atoms with E-state index in [1.54, 1.807) is 28.4 Å². The molecule has 4 aromatic heterocycles. The minimum atomic E-state index is -0.344. The van der Waals surface area contributed by atoms with E-state index in [2.05, 4.69) is 23.4 Å². The van der Waals surface area contributed by atoms with Gasteiger partial charge < -0.3 is 4.57 Å². The van der Waals surface area contributed by atoms with Crippen LogP contribution in [0, 0.1) is 12.8 Å². The van der Waals surface area contributed by atoms with Gasteiger partial charge in [-0.25, -0.2) is 9.78 Å². The monoisotopic (exact) mass is 412 g/mol. The molecule has 0 N–H and O–H groups in total. The highest BCUT2D eigenvalue weighted by Gasteiger charge is 2.24. The molecule has 152 valence electrons. The zero-order chi connectivity index (χ0) is 20.9. The minimum Gasteiger partial charge on any atom is -0.332 e. The predicted octanol–water partition coefficient (Wildman–Crippen LogP) is 2.37. The topological polar surface area (TPSA) is 79.6 Å². The standard InChI is InChI=1S/C20H24N6O2S/c1-12(2)8-25-18-16(19(27)24(5)20(25)28)17(15-7-21-11-23(15)4)26(22-18)9-14-6-13(3)29-10-14/h6-7,10-12H,8-9H2,1-5H3. The number of aromatic nitrogens is 6. The Morgan fingerprint density at radius 2 is 1.97 bits per heavy atom. The van der Waals surface area contributed by atoms with Gasteiger partial charge in [-0.15, -0.1) is 11.3 Å². The molecular formula is C20H24N6O2S. The average Bonchev–Trinajstić information content (AvgIpc) is 3.36. The Morgan fingerprint density at radius 1 is 1.21 bits per heavy atom. The van der Waals surface area contributed by atoms with Crippen LogP contribution >= 0.6 is 11.3 Å². The van der Waals surface area contributed by atoms with Crippen molar-refractivity contribution in [3.05, 3.63) is 55.2 Å². The Bertz CT molecular complexity index is 1320. The van der Waals surface area contributed by atoms with Crippen LogP contribution in [0.15, 0.2) is 33.6 Å². The van der Waals surface area contributed by atoms with Crippen molar-refractivity contribution in [3.8, 4) is 11.4 Å². The summed E-state index contributed by atoms with van der Waals surface area (Å²) in [4.78, 5) is 31.4. The van der Waals surface area contributed by atoms with Gasteiger partial charge in [0.05, 0.1) is 24.8 Å². The number of imidazole rings is 1. The van der Waals surface area contributed by atoms with E-state index in [-0.39, 0.29) is 17.2 Å². The van der Waals surface area contributed by atoms with Gasteiger partial charge in [0.1, 0.15) is 11.1 Å². The van der Waals surface area contributed by atoms with Crippen LogP contribution < -0.4 is 11.2 Å². The summed E-state index contributed by atoms with van der Waals surface area (Å²) in [6.07, 6.45) is 3.42. The zero-order valence-electron chi connectivity index (χ0n) is 17.2. The Hall–Kier alpha value is -2.94. The van der Waals surface area contributed by atoms with Gasteiger partial charge in [0.2, 0.25) is 0 Å². The molecule has 0 bridgehead atoms. The Kier molecular flexibility index (Phi) is 4.77. The number of hydrogen-bond acceptors (Lipinski definition) is 5. The molecule has 0 fully saturated rings. The molecule has 0 aliphatic carbocycles. The van der Waals surface area contributed by atoms with Gasteiger partial charge in [0.15, 0.2) is 5.65 Å². The van der Waals surface area contributed by atoms with E-state index in [4.69, 9.17) is 5.10 Å². The summed E-state index contributed by atoms with van der Waals surface area (Å²) < 4.78 is 6.46. The highest BCUT2D eigenvalue weighted by atomic mass is 32.1. The number of fused-ring (bicyclic) bond motifs is 1. The third kappa shape index (κ3) is 3.25. The zero-order valence-corrected chi connectivity index (χ0v) is 18.0. The summed E-state index contributed by atoms with van der Waals surface area (Å²) in [5.41, 5.74) is 2.32. The van der Waals surface area contributed by atoms with Crippen molar-refractivity contribution >= 4 is 22.4 Å².